The minimum absolute atomic E-state index is 0.0278. The van der Waals surface area contributed by atoms with Crippen LogP contribution in [0.3, 0.4) is 0 Å². The van der Waals surface area contributed by atoms with Gasteiger partial charge in [-0.05, 0) is 42.1 Å². The van der Waals surface area contributed by atoms with Crippen LogP contribution in [0.15, 0.2) is 72.8 Å². The van der Waals surface area contributed by atoms with E-state index in [-0.39, 0.29) is 44.0 Å². The number of carbonyl (C=O) groups excluding carboxylic acids is 4. The van der Waals surface area contributed by atoms with Crippen LogP contribution >= 0.6 is 0 Å². The number of aryl methyl sites for hydroxylation is 1. The molecule has 0 unspecified atom stereocenters. The van der Waals surface area contributed by atoms with Crippen molar-refractivity contribution in [3.05, 3.63) is 95.1 Å². The maximum Gasteiger partial charge on any atom is 0.247 e. The molecule has 0 saturated heterocycles. The van der Waals surface area contributed by atoms with E-state index in [4.69, 9.17) is 10.5 Å². The number of nitrogens with zero attached hydrogens (tertiary/aromatic N) is 1. The minimum Gasteiger partial charge on any atom is -0.494 e. The molecule has 4 rings (SSSR count). The highest BCUT2D eigenvalue weighted by atomic mass is 16.5. The molecule has 3 aromatic carbocycles. The molecule has 0 saturated carbocycles. The lowest BCUT2D eigenvalue weighted by molar-refractivity contribution is -0.142. The Hall–Kier alpha value is -4.50. The fraction of sp³-hybridized carbons (Fsp3) is 0.333. The largest absolute Gasteiger partial charge is 0.494 e. The highest BCUT2D eigenvalue weighted by Crippen LogP contribution is 2.29. The van der Waals surface area contributed by atoms with Crippen LogP contribution in [-0.4, -0.2) is 54.1 Å². The Bertz CT molecular complexity index is 1420. The lowest BCUT2D eigenvalue weighted by Crippen LogP contribution is -2.56. The first-order chi connectivity index (χ1) is 20.4. The van der Waals surface area contributed by atoms with Gasteiger partial charge < -0.3 is 26.0 Å². The number of methoxy groups -OCH3 is 1. The van der Waals surface area contributed by atoms with Crippen LogP contribution in [0, 0.1) is 0 Å². The smallest absolute Gasteiger partial charge is 0.247 e. The molecule has 1 aliphatic heterocycles. The summed E-state index contributed by atoms with van der Waals surface area (Å²) in [5.74, 6) is -0.741. The third kappa shape index (κ3) is 7.22. The number of para-hydroxylation sites is 1. The molecule has 2 atom stereocenters. The van der Waals surface area contributed by atoms with Gasteiger partial charge in [0, 0.05) is 31.4 Å². The van der Waals surface area contributed by atoms with E-state index >= 15 is 0 Å². The standard InChI is InChI=1S/C33H38N4O5/c1-3-22-14-9-15-26(31(22)42-2)35-32(40)27(18-19-34)36-33(41)28-20-24-12-7-8-13-25(24)21-37(28)30(39)17-16-29(38)23-10-5-4-6-11-23/h4-15,27-28H,3,16-21,34H2,1-2H3,(H,35,40)(H,36,41)/t27-,28-/m0/s1. The number of hydrogen-bond acceptors (Lipinski definition) is 6. The van der Waals surface area contributed by atoms with E-state index in [0.29, 0.717) is 23.4 Å². The van der Waals surface area contributed by atoms with Crippen molar-refractivity contribution in [2.24, 2.45) is 5.73 Å². The Kier molecular flexibility index (Phi) is 10.4. The number of anilines is 1. The van der Waals surface area contributed by atoms with Gasteiger partial charge in [0.1, 0.15) is 17.8 Å². The van der Waals surface area contributed by atoms with Gasteiger partial charge in [0.05, 0.1) is 12.8 Å². The normalized spacial score (nSPS) is 14.8. The number of ether oxygens (including phenoxy) is 1. The van der Waals surface area contributed by atoms with Gasteiger partial charge >= 0.3 is 0 Å². The fourth-order valence-corrected chi connectivity index (χ4v) is 5.28. The van der Waals surface area contributed by atoms with Crippen LogP contribution in [0.1, 0.15) is 53.2 Å². The van der Waals surface area contributed by atoms with Gasteiger partial charge in [0.15, 0.2) is 5.78 Å². The van der Waals surface area contributed by atoms with Crippen molar-refractivity contribution in [2.45, 2.75) is 57.7 Å². The zero-order chi connectivity index (χ0) is 30.1. The number of ketones is 1. The highest BCUT2D eigenvalue weighted by Gasteiger charge is 2.36. The second-order valence-corrected chi connectivity index (χ2v) is 10.3. The molecule has 0 bridgehead atoms. The van der Waals surface area contributed by atoms with Gasteiger partial charge in [-0.15, -0.1) is 0 Å². The van der Waals surface area contributed by atoms with Gasteiger partial charge in [0.2, 0.25) is 17.7 Å². The maximum atomic E-state index is 13.7. The lowest BCUT2D eigenvalue weighted by Gasteiger charge is -2.36. The van der Waals surface area contributed by atoms with Crippen molar-refractivity contribution in [3.63, 3.8) is 0 Å². The van der Waals surface area contributed by atoms with Crippen LogP contribution in [0.5, 0.6) is 5.75 Å². The van der Waals surface area contributed by atoms with Crippen molar-refractivity contribution < 1.29 is 23.9 Å². The first-order valence-electron chi connectivity index (χ1n) is 14.3. The van der Waals surface area contributed by atoms with E-state index in [1.165, 1.54) is 4.90 Å². The molecule has 0 aromatic heterocycles. The number of rotatable bonds is 12. The van der Waals surface area contributed by atoms with Crippen molar-refractivity contribution in [2.75, 3.05) is 19.0 Å². The van der Waals surface area contributed by atoms with Crippen molar-refractivity contribution in [1.29, 1.82) is 0 Å². The van der Waals surface area contributed by atoms with Crippen molar-refractivity contribution in [3.8, 4) is 5.75 Å². The zero-order valence-electron chi connectivity index (χ0n) is 24.1. The molecule has 3 amide bonds. The molecule has 3 aromatic rings. The van der Waals surface area contributed by atoms with Crippen LogP contribution < -0.4 is 21.1 Å². The van der Waals surface area contributed by atoms with Crippen LogP contribution in [0.25, 0.3) is 0 Å². The Morgan fingerprint density at radius 1 is 0.952 bits per heavy atom. The average Bonchev–Trinajstić information content (AvgIpc) is 3.02. The number of amides is 3. The molecule has 1 aliphatic rings. The summed E-state index contributed by atoms with van der Waals surface area (Å²) >= 11 is 0. The fourth-order valence-electron chi connectivity index (χ4n) is 5.28. The van der Waals surface area contributed by atoms with E-state index < -0.39 is 23.9 Å². The molecule has 0 spiro atoms. The summed E-state index contributed by atoms with van der Waals surface area (Å²) in [6, 6.07) is 20.2. The van der Waals surface area contributed by atoms with Crippen molar-refractivity contribution in [1.82, 2.24) is 10.2 Å². The van der Waals surface area contributed by atoms with Gasteiger partial charge in [-0.1, -0.05) is 73.7 Å². The highest BCUT2D eigenvalue weighted by molar-refractivity contribution is 6.00. The second kappa shape index (κ2) is 14.4. The molecule has 1 heterocycles. The van der Waals surface area contributed by atoms with E-state index in [0.717, 1.165) is 23.1 Å². The summed E-state index contributed by atoms with van der Waals surface area (Å²) in [6.07, 6.45) is 1.23. The summed E-state index contributed by atoms with van der Waals surface area (Å²) in [6.45, 7) is 2.40. The summed E-state index contributed by atoms with van der Waals surface area (Å²) in [4.78, 5) is 54.7. The number of carbonyl (C=O) groups is 4. The predicted octanol–water partition coefficient (Wildman–Crippen LogP) is 3.65. The molecular weight excluding hydrogens is 532 g/mol. The Labute approximate surface area is 246 Å². The Morgan fingerprint density at radius 3 is 2.36 bits per heavy atom. The monoisotopic (exact) mass is 570 g/mol. The summed E-state index contributed by atoms with van der Waals surface area (Å²) in [5.41, 5.74) is 9.71. The molecule has 0 aliphatic carbocycles. The summed E-state index contributed by atoms with van der Waals surface area (Å²) in [5, 5.41) is 5.72. The molecule has 4 N–H and O–H groups in total. The zero-order valence-corrected chi connectivity index (χ0v) is 24.1. The molecule has 9 nitrogen and oxygen atoms in total. The van der Waals surface area contributed by atoms with E-state index in [1.807, 2.05) is 49.4 Å². The average molecular weight is 571 g/mol. The number of nitrogens with one attached hydrogen (secondary N) is 2. The molecule has 0 fully saturated rings. The summed E-state index contributed by atoms with van der Waals surface area (Å²) in [7, 11) is 1.54. The number of hydrogen-bond donors (Lipinski definition) is 3. The topological polar surface area (TPSA) is 131 Å². The van der Waals surface area contributed by atoms with Gasteiger partial charge in [-0.3, -0.25) is 19.2 Å². The molecule has 0 radical (unpaired) electrons. The van der Waals surface area contributed by atoms with E-state index in [9.17, 15) is 19.2 Å². The predicted molar refractivity (Wildman–Crippen MR) is 161 cm³/mol. The molecule has 220 valence electrons. The van der Waals surface area contributed by atoms with Gasteiger partial charge in [0.25, 0.3) is 0 Å². The van der Waals surface area contributed by atoms with Crippen molar-refractivity contribution >= 4 is 29.2 Å². The van der Waals surface area contributed by atoms with Gasteiger partial charge in [-0.25, -0.2) is 0 Å². The van der Waals surface area contributed by atoms with E-state index in [1.54, 1.807) is 37.4 Å². The number of Topliss-reactive ketones (excluding diaryl/α,β-unsaturated/α-hetero) is 1. The second-order valence-electron chi connectivity index (χ2n) is 10.3. The number of fused-ring (bicyclic) bond motifs is 1. The molecule has 42 heavy (non-hydrogen) atoms. The van der Waals surface area contributed by atoms with E-state index in [2.05, 4.69) is 10.6 Å². The minimum atomic E-state index is -0.925. The summed E-state index contributed by atoms with van der Waals surface area (Å²) < 4.78 is 5.53. The maximum absolute atomic E-state index is 13.7. The van der Waals surface area contributed by atoms with Crippen LogP contribution in [0.2, 0.25) is 0 Å². The van der Waals surface area contributed by atoms with Crippen LogP contribution in [0.4, 0.5) is 5.69 Å². The first kappa shape index (κ1) is 30.5. The van der Waals surface area contributed by atoms with Crippen LogP contribution in [-0.2, 0) is 33.8 Å². The quantitative estimate of drug-likeness (QED) is 0.285. The molecule has 9 heteroatoms. The third-order valence-electron chi connectivity index (χ3n) is 7.56. The number of nitrogens with two attached hydrogens (primary N) is 1. The third-order valence-corrected chi connectivity index (χ3v) is 7.56. The molecular formula is C33H38N4O5. The SMILES string of the molecule is CCc1cccc(NC(=O)[C@H](CCN)NC(=O)[C@@H]2Cc3ccccc3CN2C(=O)CCC(=O)c2ccccc2)c1OC. The Balaban J connectivity index is 1.51. The Morgan fingerprint density at radius 2 is 1.67 bits per heavy atom. The lowest BCUT2D eigenvalue weighted by atomic mass is 9.92. The van der Waals surface area contributed by atoms with Gasteiger partial charge in [-0.2, -0.15) is 0 Å². The number of benzene rings is 3. The first-order valence-corrected chi connectivity index (χ1v) is 14.3.